The van der Waals surface area contributed by atoms with Crippen molar-refractivity contribution in [2.45, 2.75) is 18.4 Å². The summed E-state index contributed by atoms with van der Waals surface area (Å²) < 4.78 is 31.1. The fraction of sp³-hybridized carbons (Fsp3) is 0.500. The SMILES string of the molecule is NCC(O)(COc1ccc(F)cc1F)C1CC1. The molecule has 3 N–H and O–H groups in total. The summed E-state index contributed by atoms with van der Waals surface area (Å²) in [5.74, 6) is -1.39. The maximum atomic E-state index is 13.3. The summed E-state index contributed by atoms with van der Waals surface area (Å²) in [6.07, 6.45) is 1.81. The monoisotopic (exact) mass is 243 g/mol. The molecule has 17 heavy (non-hydrogen) atoms. The molecule has 1 saturated carbocycles. The number of aliphatic hydroxyl groups is 1. The van der Waals surface area contributed by atoms with Gasteiger partial charge in [0.05, 0.1) is 0 Å². The Balaban J connectivity index is 2.01. The second-order valence-electron chi connectivity index (χ2n) is 4.45. The molecular formula is C12H15F2NO2. The van der Waals surface area contributed by atoms with E-state index in [0.29, 0.717) is 0 Å². The highest BCUT2D eigenvalue weighted by molar-refractivity contribution is 5.24. The molecule has 1 aliphatic carbocycles. The molecule has 0 aliphatic heterocycles. The van der Waals surface area contributed by atoms with Crippen LogP contribution in [0.15, 0.2) is 18.2 Å². The fourth-order valence-electron chi connectivity index (χ4n) is 1.76. The van der Waals surface area contributed by atoms with Crippen molar-refractivity contribution in [1.29, 1.82) is 0 Å². The minimum absolute atomic E-state index is 0.0699. The third kappa shape index (κ3) is 2.73. The molecule has 2 rings (SSSR count). The van der Waals surface area contributed by atoms with Gasteiger partial charge in [0.25, 0.3) is 0 Å². The Morgan fingerprint density at radius 2 is 2.12 bits per heavy atom. The predicted molar refractivity (Wildman–Crippen MR) is 58.6 cm³/mol. The molecule has 3 nitrogen and oxygen atoms in total. The number of benzene rings is 1. The third-order valence-corrected chi connectivity index (χ3v) is 3.06. The van der Waals surface area contributed by atoms with E-state index in [2.05, 4.69) is 0 Å². The lowest BCUT2D eigenvalue weighted by Gasteiger charge is -2.26. The zero-order chi connectivity index (χ0) is 12.5. The van der Waals surface area contributed by atoms with Crippen molar-refractivity contribution in [1.82, 2.24) is 0 Å². The molecule has 0 radical (unpaired) electrons. The molecule has 0 heterocycles. The van der Waals surface area contributed by atoms with Gasteiger partial charge >= 0.3 is 0 Å². The van der Waals surface area contributed by atoms with E-state index in [-0.39, 0.29) is 24.8 Å². The van der Waals surface area contributed by atoms with E-state index in [4.69, 9.17) is 10.5 Å². The first-order chi connectivity index (χ1) is 8.05. The van der Waals surface area contributed by atoms with Crippen LogP contribution in [0.25, 0.3) is 0 Å². The molecule has 0 saturated heterocycles. The van der Waals surface area contributed by atoms with E-state index in [0.717, 1.165) is 25.0 Å². The largest absolute Gasteiger partial charge is 0.487 e. The number of rotatable bonds is 5. The quantitative estimate of drug-likeness (QED) is 0.822. The Morgan fingerprint density at radius 1 is 1.41 bits per heavy atom. The molecule has 0 bridgehead atoms. The standard InChI is InChI=1S/C12H15F2NO2/c13-9-3-4-11(10(14)5-9)17-7-12(16,6-15)8-1-2-8/h3-5,8,16H,1-2,6-7,15H2. The second kappa shape index (κ2) is 4.58. The Labute approximate surface area is 98.2 Å². The first-order valence-electron chi connectivity index (χ1n) is 5.55. The van der Waals surface area contributed by atoms with E-state index in [1.165, 1.54) is 6.07 Å². The van der Waals surface area contributed by atoms with Gasteiger partial charge in [-0.05, 0) is 30.9 Å². The Kier molecular flexibility index (Phi) is 3.31. The lowest BCUT2D eigenvalue weighted by Crippen LogP contribution is -2.45. The zero-order valence-corrected chi connectivity index (χ0v) is 9.33. The smallest absolute Gasteiger partial charge is 0.167 e. The predicted octanol–water partition coefficient (Wildman–Crippen LogP) is 1.44. The molecule has 1 atom stereocenters. The number of hydrogen-bond acceptors (Lipinski definition) is 3. The highest BCUT2D eigenvalue weighted by atomic mass is 19.1. The Morgan fingerprint density at radius 3 is 2.65 bits per heavy atom. The van der Waals surface area contributed by atoms with Crippen LogP contribution >= 0.6 is 0 Å². The minimum Gasteiger partial charge on any atom is -0.487 e. The van der Waals surface area contributed by atoms with Gasteiger partial charge in [0.15, 0.2) is 11.6 Å². The van der Waals surface area contributed by atoms with Gasteiger partial charge in [-0.2, -0.15) is 0 Å². The number of hydrogen-bond donors (Lipinski definition) is 2. The summed E-state index contributed by atoms with van der Waals surface area (Å²) >= 11 is 0. The lowest BCUT2D eigenvalue weighted by atomic mass is 9.99. The van der Waals surface area contributed by atoms with Gasteiger partial charge < -0.3 is 15.6 Å². The van der Waals surface area contributed by atoms with Crippen LogP contribution < -0.4 is 10.5 Å². The van der Waals surface area contributed by atoms with Crippen molar-refractivity contribution in [3.05, 3.63) is 29.8 Å². The molecule has 0 amide bonds. The normalized spacial score (nSPS) is 18.8. The van der Waals surface area contributed by atoms with Crippen LogP contribution in [0.2, 0.25) is 0 Å². The maximum absolute atomic E-state index is 13.3. The molecule has 1 aromatic carbocycles. The van der Waals surface area contributed by atoms with Crippen molar-refractivity contribution in [3.8, 4) is 5.75 Å². The van der Waals surface area contributed by atoms with Crippen molar-refractivity contribution in [2.75, 3.05) is 13.2 Å². The van der Waals surface area contributed by atoms with Crippen molar-refractivity contribution in [2.24, 2.45) is 11.7 Å². The summed E-state index contributed by atoms with van der Waals surface area (Å²) in [7, 11) is 0. The van der Waals surface area contributed by atoms with E-state index in [1.54, 1.807) is 0 Å². The minimum atomic E-state index is -1.11. The molecule has 94 valence electrons. The molecule has 5 heteroatoms. The summed E-state index contributed by atoms with van der Waals surface area (Å²) in [4.78, 5) is 0. The molecule has 1 unspecified atom stereocenters. The Hall–Kier alpha value is -1.20. The van der Waals surface area contributed by atoms with Crippen molar-refractivity contribution >= 4 is 0 Å². The Bertz CT molecular complexity index is 409. The van der Waals surface area contributed by atoms with Gasteiger partial charge in [-0.15, -0.1) is 0 Å². The summed E-state index contributed by atoms with van der Waals surface area (Å²) in [5.41, 5.74) is 4.38. The van der Waals surface area contributed by atoms with E-state index in [1.807, 2.05) is 0 Å². The molecular weight excluding hydrogens is 228 g/mol. The topological polar surface area (TPSA) is 55.5 Å². The van der Waals surface area contributed by atoms with E-state index < -0.39 is 17.2 Å². The van der Waals surface area contributed by atoms with Gasteiger partial charge in [0, 0.05) is 12.6 Å². The highest BCUT2D eigenvalue weighted by Gasteiger charge is 2.43. The van der Waals surface area contributed by atoms with E-state index >= 15 is 0 Å². The summed E-state index contributed by atoms with van der Waals surface area (Å²) in [6.45, 7) is -0.00278. The van der Waals surface area contributed by atoms with Gasteiger partial charge in [-0.1, -0.05) is 0 Å². The van der Waals surface area contributed by atoms with Crippen molar-refractivity contribution in [3.63, 3.8) is 0 Å². The second-order valence-corrected chi connectivity index (χ2v) is 4.45. The third-order valence-electron chi connectivity index (χ3n) is 3.06. The zero-order valence-electron chi connectivity index (χ0n) is 9.33. The maximum Gasteiger partial charge on any atom is 0.167 e. The van der Waals surface area contributed by atoms with Crippen LogP contribution in [0.3, 0.4) is 0 Å². The van der Waals surface area contributed by atoms with Crippen LogP contribution in [-0.2, 0) is 0 Å². The van der Waals surface area contributed by atoms with Gasteiger partial charge in [-0.3, -0.25) is 0 Å². The van der Waals surface area contributed by atoms with Crippen LogP contribution in [0.1, 0.15) is 12.8 Å². The number of nitrogens with two attached hydrogens (primary N) is 1. The first kappa shape index (κ1) is 12.3. The molecule has 1 aliphatic rings. The van der Waals surface area contributed by atoms with E-state index in [9.17, 15) is 13.9 Å². The fourth-order valence-corrected chi connectivity index (χ4v) is 1.76. The van der Waals surface area contributed by atoms with Crippen LogP contribution in [0, 0.1) is 17.6 Å². The number of ether oxygens (including phenoxy) is 1. The van der Waals surface area contributed by atoms with Crippen LogP contribution in [-0.4, -0.2) is 23.9 Å². The van der Waals surface area contributed by atoms with Gasteiger partial charge in [0.2, 0.25) is 0 Å². The highest BCUT2D eigenvalue weighted by Crippen LogP contribution is 2.39. The molecule has 1 aromatic rings. The average Bonchev–Trinajstić information content (AvgIpc) is 3.11. The van der Waals surface area contributed by atoms with Crippen LogP contribution in [0.4, 0.5) is 8.78 Å². The molecule has 0 spiro atoms. The van der Waals surface area contributed by atoms with Gasteiger partial charge in [-0.25, -0.2) is 8.78 Å². The molecule has 0 aromatic heterocycles. The average molecular weight is 243 g/mol. The van der Waals surface area contributed by atoms with Crippen molar-refractivity contribution < 1.29 is 18.6 Å². The van der Waals surface area contributed by atoms with Gasteiger partial charge in [0.1, 0.15) is 18.0 Å². The first-order valence-corrected chi connectivity index (χ1v) is 5.55. The summed E-state index contributed by atoms with van der Waals surface area (Å²) in [6, 6.07) is 3.06. The van der Waals surface area contributed by atoms with Crippen LogP contribution in [0.5, 0.6) is 5.75 Å². The lowest BCUT2D eigenvalue weighted by molar-refractivity contribution is -0.0172. The number of halogens is 2. The summed E-state index contributed by atoms with van der Waals surface area (Å²) in [5, 5.41) is 10.1. The molecule has 1 fully saturated rings.